The summed E-state index contributed by atoms with van der Waals surface area (Å²) in [6, 6.07) is 12.0. The summed E-state index contributed by atoms with van der Waals surface area (Å²) >= 11 is 9.06. The van der Waals surface area contributed by atoms with E-state index in [1.807, 2.05) is 13.0 Å². The minimum absolute atomic E-state index is 0.0281. The lowest BCUT2D eigenvalue weighted by atomic mass is 10.1. The van der Waals surface area contributed by atoms with Gasteiger partial charge in [0.05, 0.1) is 15.1 Å². The number of hydrogen-bond donors (Lipinski definition) is 1. The van der Waals surface area contributed by atoms with E-state index in [2.05, 4.69) is 21.2 Å². The molecule has 102 valence electrons. The molecule has 1 atom stereocenters. The fraction of sp³-hybridized carbons (Fsp3) is 0.133. The van der Waals surface area contributed by atoms with Gasteiger partial charge in [0.15, 0.2) is 0 Å². The quantitative estimate of drug-likeness (QED) is 0.814. The molecule has 0 amide bonds. The Labute approximate surface area is 130 Å². The Kier molecular flexibility index (Phi) is 4.64. The molecule has 2 nitrogen and oxygen atoms in total. The van der Waals surface area contributed by atoms with Gasteiger partial charge in [0.1, 0.15) is 11.9 Å². The monoisotopic (exact) mass is 352 g/mol. The normalized spacial score (nSPS) is 11.8. The molecule has 0 aromatic heterocycles. The second-order valence-corrected chi connectivity index (χ2v) is 5.61. The van der Waals surface area contributed by atoms with Crippen LogP contribution < -0.4 is 5.32 Å². The van der Waals surface area contributed by atoms with Gasteiger partial charge >= 0.3 is 0 Å². The standard InChI is InChI=1S/C15H11BrClFN2/c1-9(10-2-5-15(18)13(16)7-10)20-12-3-4-14(17)11(6-12)8-19/h2-7,9,20H,1H3. The van der Waals surface area contributed by atoms with Crippen molar-refractivity contribution in [2.75, 3.05) is 5.32 Å². The Morgan fingerprint density at radius 1 is 1.30 bits per heavy atom. The summed E-state index contributed by atoms with van der Waals surface area (Å²) in [6.45, 7) is 1.96. The van der Waals surface area contributed by atoms with Gasteiger partial charge in [0.2, 0.25) is 0 Å². The van der Waals surface area contributed by atoms with Crippen LogP contribution >= 0.6 is 27.5 Å². The molecule has 0 fully saturated rings. The molecule has 0 spiro atoms. The minimum atomic E-state index is -0.292. The highest BCUT2D eigenvalue weighted by Gasteiger charge is 2.09. The minimum Gasteiger partial charge on any atom is -0.378 e. The number of nitriles is 1. The van der Waals surface area contributed by atoms with Crippen molar-refractivity contribution >= 4 is 33.2 Å². The fourth-order valence-electron chi connectivity index (χ4n) is 1.82. The fourth-order valence-corrected chi connectivity index (χ4v) is 2.37. The van der Waals surface area contributed by atoms with Crippen LogP contribution in [0.3, 0.4) is 0 Å². The zero-order chi connectivity index (χ0) is 14.7. The Morgan fingerprint density at radius 3 is 2.70 bits per heavy atom. The maximum Gasteiger partial charge on any atom is 0.137 e. The van der Waals surface area contributed by atoms with Crippen LogP contribution in [0, 0.1) is 17.1 Å². The first-order valence-electron chi connectivity index (χ1n) is 5.92. The van der Waals surface area contributed by atoms with Crippen molar-refractivity contribution in [2.45, 2.75) is 13.0 Å². The van der Waals surface area contributed by atoms with Gasteiger partial charge in [0.25, 0.3) is 0 Å². The van der Waals surface area contributed by atoms with Gasteiger partial charge in [-0.3, -0.25) is 0 Å². The van der Waals surface area contributed by atoms with E-state index in [4.69, 9.17) is 16.9 Å². The molecule has 20 heavy (non-hydrogen) atoms. The lowest BCUT2D eigenvalue weighted by Gasteiger charge is -2.16. The Balaban J connectivity index is 2.21. The van der Waals surface area contributed by atoms with Crippen LogP contribution in [0.15, 0.2) is 40.9 Å². The average Bonchev–Trinajstić information content (AvgIpc) is 2.43. The third-order valence-corrected chi connectivity index (χ3v) is 3.85. The lowest BCUT2D eigenvalue weighted by molar-refractivity contribution is 0.619. The van der Waals surface area contributed by atoms with Crippen LogP contribution in [0.25, 0.3) is 0 Å². The second-order valence-electron chi connectivity index (χ2n) is 4.35. The summed E-state index contributed by atoms with van der Waals surface area (Å²) in [4.78, 5) is 0. The van der Waals surface area contributed by atoms with Gasteiger partial charge in [-0.15, -0.1) is 0 Å². The highest BCUT2D eigenvalue weighted by Crippen LogP contribution is 2.26. The number of anilines is 1. The summed E-state index contributed by atoms with van der Waals surface area (Å²) in [6.07, 6.45) is 0. The van der Waals surface area contributed by atoms with E-state index >= 15 is 0 Å². The topological polar surface area (TPSA) is 35.8 Å². The summed E-state index contributed by atoms with van der Waals surface area (Å²) in [5.74, 6) is -0.292. The molecular weight excluding hydrogens is 343 g/mol. The van der Waals surface area contributed by atoms with E-state index in [0.717, 1.165) is 11.3 Å². The van der Waals surface area contributed by atoms with Crippen molar-refractivity contribution in [1.82, 2.24) is 0 Å². The largest absolute Gasteiger partial charge is 0.378 e. The van der Waals surface area contributed by atoms with E-state index in [1.165, 1.54) is 6.07 Å². The summed E-state index contributed by atoms with van der Waals surface area (Å²) in [5, 5.41) is 12.6. The molecule has 0 aliphatic carbocycles. The molecule has 5 heteroatoms. The van der Waals surface area contributed by atoms with Crippen LogP contribution in [0.5, 0.6) is 0 Å². The smallest absolute Gasteiger partial charge is 0.137 e. The molecule has 1 N–H and O–H groups in total. The van der Waals surface area contributed by atoms with Gasteiger partial charge in [0, 0.05) is 11.7 Å². The first kappa shape index (κ1) is 14.8. The molecule has 1 unspecified atom stereocenters. The first-order chi connectivity index (χ1) is 9.51. The number of halogens is 3. The third kappa shape index (κ3) is 3.30. The predicted molar refractivity (Wildman–Crippen MR) is 82.3 cm³/mol. The molecule has 0 aliphatic rings. The average molecular weight is 354 g/mol. The highest BCUT2D eigenvalue weighted by molar-refractivity contribution is 9.10. The molecule has 0 saturated carbocycles. The highest BCUT2D eigenvalue weighted by atomic mass is 79.9. The molecule has 2 rings (SSSR count). The number of nitrogens with one attached hydrogen (secondary N) is 1. The number of benzene rings is 2. The van der Waals surface area contributed by atoms with E-state index in [-0.39, 0.29) is 11.9 Å². The van der Waals surface area contributed by atoms with Gasteiger partial charge < -0.3 is 5.32 Å². The summed E-state index contributed by atoms with van der Waals surface area (Å²) in [5.41, 5.74) is 2.15. The predicted octanol–water partition coefficient (Wildman–Crippen LogP) is 5.29. The van der Waals surface area contributed by atoms with Gasteiger partial charge in [-0.2, -0.15) is 5.26 Å². The van der Waals surface area contributed by atoms with Crippen LogP contribution in [-0.2, 0) is 0 Å². The van der Waals surface area contributed by atoms with E-state index in [9.17, 15) is 4.39 Å². The zero-order valence-electron chi connectivity index (χ0n) is 10.6. The van der Waals surface area contributed by atoms with E-state index < -0.39 is 0 Å². The number of rotatable bonds is 3. The molecule has 0 saturated heterocycles. The SMILES string of the molecule is CC(Nc1ccc(Cl)c(C#N)c1)c1ccc(F)c(Br)c1. The van der Waals surface area contributed by atoms with Crippen molar-refractivity contribution < 1.29 is 4.39 Å². The zero-order valence-corrected chi connectivity index (χ0v) is 13.0. The maximum absolute atomic E-state index is 13.2. The summed E-state index contributed by atoms with van der Waals surface area (Å²) < 4.78 is 13.6. The van der Waals surface area contributed by atoms with Gasteiger partial charge in [-0.1, -0.05) is 17.7 Å². The maximum atomic E-state index is 13.2. The van der Waals surface area contributed by atoms with Crippen molar-refractivity contribution in [3.8, 4) is 6.07 Å². The Bertz CT molecular complexity index is 682. The van der Waals surface area contributed by atoms with E-state index in [0.29, 0.717) is 15.1 Å². The van der Waals surface area contributed by atoms with Crippen LogP contribution in [0.2, 0.25) is 5.02 Å². The molecular formula is C15H11BrClFN2. The number of nitrogens with zero attached hydrogens (tertiary/aromatic N) is 1. The van der Waals surface area contributed by atoms with Crippen LogP contribution in [0.4, 0.5) is 10.1 Å². The molecule has 0 bridgehead atoms. The Hall–Kier alpha value is -1.57. The van der Waals surface area contributed by atoms with Gasteiger partial charge in [-0.05, 0) is 58.7 Å². The van der Waals surface area contributed by atoms with Crippen molar-refractivity contribution in [3.05, 3.63) is 62.8 Å². The van der Waals surface area contributed by atoms with Crippen LogP contribution in [0.1, 0.15) is 24.1 Å². The molecule has 2 aromatic rings. The lowest BCUT2D eigenvalue weighted by Crippen LogP contribution is -2.07. The van der Waals surface area contributed by atoms with Crippen LogP contribution in [-0.4, -0.2) is 0 Å². The molecule has 2 aromatic carbocycles. The van der Waals surface area contributed by atoms with E-state index in [1.54, 1.807) is 30.3 Å². The number of hydrogen-bond acceptors (Lipinski definition) is 2. The molecule has 0 heterocycles. The van der Waals surface area contributed by atoms with Crippen molar-refractivity contribution in [2.24, 2.45) is 0 Å². The molecule has 0 radical (unpaired) electrons. The molecule has 0 aliphatic heterocycles. The second kappa shape index (κ2) is 6.25. The Morgan fingerprint density at radius 2 is 2.05 bits per heavy atom. The van der Waals surface area contributed by atoms with Gasteiger partial charge in [-0.25, -0.2) is 4.39 Å². The first-order valence-corrected chi connectivity index (χ1v) is 7.09. The summed E-state index contributed by atoms with van der Waals surface area (Å²) in [7, 11) is 0. The van der Waals surface area contributed by atoms with Crippen molar-refractivity contribution in [1.29, 1.82) is 5.26 Å². The third-order valence-electron chi connectivity index (χ3n) is 2.91. The van der Waals surface area contributed by atoms with Crippen molar-refractivity contribution in [3.63, 3.8) is 0 Å².